The highest BCUT2D eigenvalue weighted by atomic mass is 16.2. The SMILES string of the molecule is CC(C)N(Cc1ccccc1)c1cnc(C(=O)N(C)Cc2ccccc2)cn1. The fourth-order valence-corrected chi connectivity index (χ4v) is 3.01. The van der Waals surface area contributed by atoms with Crippen molar-refractivity contribution in [1.29, 1.82) is 0 Å². The van der Waals surface area contributed by atoms with Gasteiger partial charge in [-0.25, -0.2) is 9.97 Å². The van der Waals surface area contributed by atoms with Crippen LogP contribution in [0.4, 0.5) is 5.82 Å². The molecule has 1 amide bonds. The first-order valence-electron chi connectivity index (χ1n) is 9.46. The van der Waals surface area contributed by atoms with Crippen molar-refractivity contribution in [2.24, 2.45) is 0 Å². The predicted octanol–water partition coefficient (Wildman–Crippen LogP) is 4.16. The Morgan fingerprint density at radius 2 is 1.43 bits per heavy atom. The first kappa shape index (κ1) is 19.5. The molecule has 5 nitrogen and oxygen atoms in total. The van der Waals surface area contributed by atoms with E-state index in [0.717, 1.165) is 17.9 Å². The van der Waals surface area contributed by atoms with Crippen molar-refractivity contribution in [3.8, 4) is 0 Å². The summed E-state index contributed by atoms with van der Waals surface area (Å²) in [5, 5.41) is 0. The molecule has 0 saturated carbocycles. The zero-order chi connectivity index (χ0) is 19.9. The zero-order valence-corrected chi connectivity index (χ0v) is 16.6. The Hall–Kier alpha value is -3.21. The lowest BCUT2D eigenvalue weighted by atomic mass is 10.2. The molecule has 0 radical (unpaired) electrons. The average Bonchev–Trinajstić information content (AvgIpc) is 2.73. The molecule has 0 N–H and O–H groups in total. The lowest BCUT2D eigenvalue weighted by molar-refractivity contribution is 0.0779. The summed E-state index contributed by atoms with van der Waals surface area (Å²) < 4.78 is 0. The maximum Gasteiger partial charge on any atom is 0.274 e. The van der Waals surface area contributed by atoms with Crippen molar-refractivity contribution in [2.75, 3.05) is 11.9 Å². The summed E-state index contributed by atoms with van der Waals surface area (Å²) in [5.74, 6) is 0.628. The summed E-state index contributed by atoms with van der Waals surface area (Å²) in [4.78, 5) is 25.4. The third kappa shape index (κ3) is 4.94. The number of carbonyl (C=O) groups excluding carboxylic acids is 1. The number of carbonyl (C=O) groups is 1. The van der Waals surface area contributed by atoms with Crippen molar-refractivity contribution >= 4 is 11.7 Å². The minimum absolute atomic E-state index is 0.137. The molecule has 0 saturated heterocycles. The monoisotopic (exact) mass is 374 g/mol. The lowest BCUT2D eigenvalue weighted by Crippen LogP contribution is -2.31. The number of nitrogens with zero attached hydrogens (tertiary/aromatic N) is 4. The maximum atomic E-state index is 12.7. The Kier molecular flexibility index (Phi) is 6.37. The number of amides is 1. The second-order valence-corrected chi connectivity index (χ2v) is 7.11. The molecule has 0 atom stereocenters. The van der Waals surface area contributed by atoms with Crippen LogP contribution in [0.1, 0.15) is 35.5 Å². The maximum absolute atomic E-state index is 12.7. The van der Waals surface area contributed by atoms with Crippen LogP contribution in [-0.2, 0) is 13.1 Å². The summed E-state index contributed by atoms with van der Waals surface area (Å²) in [5.41, 5.74) is 2.64. The minimum Gasteiger partial charge on any atom is -0.349 e. The quantitative estimate of drug-likeness (QED) is 0.623. The molecule has 144 valence electrons. The Morgan fingerprint density at radius 3 is 1.93 bits per heavy atom. The number of benzene rings is 2. The molecule has 0 bridgehead atoms. The summed E-state index contributed by atoms with van der Waals surface area (Å²) in [7, 11) is 1.78. The molecule has 5 heteroatoms. The fraction of sp³-hybridized carbons (Fsp3) is 0.261. The van der Waals surface area contributed by atoms with Crippen molar-refractivity contribution in [1.82, 2.24) is 14.9 Å². The second kappa shape index (κ2) is 9.13. The van der Waals surface area contributed by atoms with Gasteiger partial charge in [-0.15, -0.1) is 0 Å². The van der Waals surface area contributed by atoms with E-state index in [-0.39, 0.29) is 11.9 Å². The van der Waals surface area contributed by atoms with E-state index < -0.39 is 0 Å². The standard InChI is InChI=1S/C23H26N4O/c1-18(2)27(17-20-12-8-5-9-13-20)22-15-24-21(14-25-22)23(28)26(3)16-19-10-6-4-7-11-19/h4-15,18H,16-17H2,1-3H3. The fourth-order valence-electron chi connectivity index (χ4n) is 3.01. The van der Waals surface area contributed by atoms with Crippen LogP contribution in [0.2, 0.25) is 0 Å². The molecule has 28 heavy (non-hydrogen) atoms. The summed E-state index contributed by atoms with van der Waals surface area (Å²) in [6, 6.07) is 20.4. The zero-order valence-electron chi connectivity index (χ0n) is 16.6. The van der Waals surface area contributed by atoms with Crippen LogP contribution in [-0.4, -0.2) is 33.9 Å². The van der Waals surface area contributed by atoms with Crippen LogP contribution in [0.5, 0.6) is 0 Å². The van der Waals surface area contributed by atoms with Crippen LogP contribution in [0.3, 0.4) is 0 Å². The van der Waals surface area contributed by atoms with Crippen molar-refractivity contribution < 1.29 is 4.79 Å². The highest BCUT2D eigenvalue weighted by Crippen LogP contribution is 2.17. The first-order valence-corrected chi connectivity index (χ1v) is 9.46. The van der Waals surface area contributed by atoms with Crippen LogP contribution < -0.4 is 4.90 Å². The lowest BCUT2D eigenvalue weighted by Gasteiger charge is -2.27. The molecule has 3 aromatic rings. The second-order valence-electron chi connectivity index (χ2n) is 7.11. The number of anilines is 1. The summed E-state index contributed by atoms with van der Waals surface area (Å²) in [6.07, 6.45) is 3.26. The van der Waals surface area contributed by atoms with Gasteiger partial charge in [0, 0.05) is 26.2 Å². The number of hydrogen-bond donors (Lipinski definition) is 0. The van der Waals surface area contributed by atoms with Gasteiger partial charge in [-0.3, -0.25) is 4.79 Å². The van der Waals surface area contributed by atoms with Gasteiger partial charge >= 0.3 is 0 Å². The molecule has 0 aliphatic heterocycles. The van der Waals surface area contributed by atoms with E-state index in [9.17, 15) is 4.79 Å². The van der Waals surface area contributed by atoms with Crippen LogP contribution in [0.15, 0.2) is 73.1 Å². The number of rotatable bonds is 7. The first-order chi connectivity index (χ1) is 13.5. The third-order valence-electron chi connectivity index (χ3n) is 4.58. The van der Waals surface area contributed by atoms with Crippen LogP contribution >= 0.6 is 0 Å². The highest BCUT2D eigenvalue weighted by molar-refractivity contribution is 5.91. The van der Waals surface area contributed by atoms with Gasteiger partial charge in [0.15, 0.2) is 0 Å². The van der Waals surface area contributed by atoms with Gasteiger partial charge in [0.25, 0.3) is 5.91 Å². The summed E-state index contributed by atoms with van der Waals surface area (Å²) >= 11 is 0. The van der Waals surface area contributed by atoms with Gasteiger partial charge in [-0.05, 0) is 25.0 Å². The van der Waals surface area contributed by atoms with Crippen molar-refractivity contribution in [3.63, 3.8) is 0 Å². The average molecular weight is 374 g/mol. The molecule has 0 unspecified atom stereocenters. The smallest absolute Gasteiger partial charge is 0.274 e. The van der Waals surface area contributed by atoms with E-state index in [1.54, 1.807) is 24.3 Å². The van der Waals surface area contributed by atoms with Gasteiger partial charge in [0.2, 0.25) is 0 Å². The third-order valence-corrected chi connectivity index (χ3v) is 4.58. The van der Waals surface area contributed by atoms with Crippen LogP contribution in [0.25, 0.3) is 0 Å². The molecule has 0 fully saturated rings. The van der Waals surface area contributed by atoms with E-state index in [1.165, 1.54) is 5.56 Å². The van der Waals surface area contributed by atoms with E-state index in [1.807, 2.05) is 48.5 Å². The number of hydrogen-bond acceptors (Lipinski definition) is 4. The molecule has 0 spiro atoms. The largest absolute Gasteiger partial charge is 0.349 e. The van der Waals surface area contributed by atoms with E-state index >= 15 is 0 Å². The molecular formula is C23H26N4O. The molecular weight excluding hydrogens is 348 g/mol. The molecule has 1 heterocycles. The molecule has 1 aromatic heterocycles. The summed E-state index contributed by atoms with van der Waals surface area (Å²) in [6.45, 7) is 5.53. The Bertz CT molecular complexity index is 879. The molecule has 0 aliphatic carbocycles. The van der Waals surface area contributed by atoms with Gasteiger partial charge in [-0.1, -0.05) is 60.7 Å². The normalized spacial score (nSPS) is 10.7. The minimum atomic E-state index is -0.137. The Labute approximate surface area is 166 Å². The number of aromatic nitrogens is 2. The molecule has 2 aromatic carbocycles. The van der Waals surface area contributed by atoms with E-state index in [2.05, 4.69) is 40.8 Å². The van der Waals surface area contributed by atoms with Gasteiger partial charge < -0.3 is 9.80 Å². The Morgan fingerprint density at radius 1 is 0.857 bits per heavy atom. The molecule has 0 aliphatic rings. The van der Waals surface area contributed by atoms with Gasteiger partial charge in [0.05, 0.1) is 12.4 Å². The van der Waals surface area contributed by atoms with Crippen molar-refractivity contribution in [2.45, 2.75) is 33.0 Å². The molecule has 3 rings (SSSR count). The van der Waals surface area contributed by atoms with E-state index in [0.29, 0.717) is 12.2 Å². The topological polar surface area (TPSA) is 49.3 Å². The van der Waals surface area contributed by atoms with Gasteiger partial charge in [0.1, 0.15) is 11.5 Å². The van der Waals surface area contributed by atoms with Crippen molar-refractivity contribution in [3.05, 3.63) is 89.9 Å². The van der Waals surface area contributed by atoms with Gasteiger partial charge in [-0.2, -0.15) is 0 Å². The van der Waals surface area contributed by atoms with Crippen LogP contribution in [0, 0.1) is 0 Å². The Balaban J connectivity index is 1.71. The van der Waals surface area contributed by atoms with E-state index in [4.69, 9.17) is 0 Å². The predicted molar refractivity (Wildman–Crippen MR) is 112 cm³/mol. The highest BCUT2D eigenvalue weighted by Gasteiger charge is 2.17.